The normalized spacial score (nSPS) is 10.1. The number of rotatable bonds is 5. The highest BCUT2D eigenvalue weighted by Gasteiger charge is 2.11. The maximum absolute atomic E-state index is 11.9. The minimum absolute atomic E-state index is 0.0432. The number of thiophene rings is 1. The fraction of sp³-hybridized carbons (Fsp3) is 0.214. The van der Waals surface area contributed by atoms with Crippen LogP contribution in [0.15, 0.2) is 47.8 Å². The Hall–Kier alpha value is -1.81. The van der Waals surface area contributed by atoms with E-state index in [0.717, 1.165) is 10.6 Å². The van der Waals surface area contributed by atoms with Crippen molar-refractivity contribution < 1.29 is 9.53 Å². The average Bonchev–Trinajstić information content (AvgIpc) is 2.93. The molecule has 4 heteroatoms. The summed E-state index contributed by atoms with van der Waals surface area (Å²) >= 11 is 1.46. The highest BCUT2D eigenvalue weighted by atomic mass is 32.1. The van der Waals surface area contributed by atoms with E-state index in [1.807, 2.05) is 47.8 Å². The molecule has 0 N–H and O–H groups in total. The second-order valence-electron chi connectivity index (χ2n) is 3.87. The van der Waals surface area contributed by atoms with Gasteiger partial charge in [0.15, 0.2) is 0 Å². The van der Waals surface area contributed by atoms with Crippen LogP contribution in [0.3, 0.4) is 0 Å². The third-order valence-corrected chi connectivity index (χ3v) is 3.38. The summed E-state index contributed by atoms with van der Waals surface area (Å²) < 4.78 is 5.55. The lowest BCUT2D eigenvalue weighted by Gasteiger charge is -2.16. The van der Waals surface area contributed by atoms with Crippen molar-refractivity contribution in [3.63, 3.8) is 0 Å². The van der Waals surface area contributed by atoms with E-state index in [1.165, 1.54) is 11.3 Å². The summed E-state index contributed by atoms with van der Waals surface area (Å²) in [5.74, 6) is 0.871. The summed E-state index contributed by atoms with van der Waals surface area (Å²) in [4.78, 5) is 14.4. The maximum atomic E-state index is 11.9. The van der Waals surface area contributed by atoms with Gasteiger partial charge in [0.25, 0.3) is 5.91 Å². The van der Waals surface area contributed by atoms with Gasteiger partial charge in [-0.15, -0.1) is 11.3 Å². The monoisotopic (exact) mass is 261 g/mol. The van der Waals surface area contributed by atoms with Gasteiger partial charge in [0, 0.05) is 7.05 Å². The number of ether oxygens (including phenoxy) is 1. The smallest absolute Gasteiger partial charge is 0.263 e. The molecule has 0 aliphatic heterocycles. The molecule has 0 saturated heterocycles. The molecule has 0 saturated carbocycles. The highest BCUT2D eigenvalue weighted by molar-refractivity contribution is 7.12. The zero-order valence-corrected chi connectivity index (χ0v) is 11.0. The summed E-state index contributed by atoms with van der Waals surface area (Å²) in [6.07, 6.45) is 0. The van der Waals surface area contributed by atoms with Crippen molar-refractivity contribution in [3.05, 3.63) is 52.7 Å². The standard InChI is InChI=1S/C14H15NO2S/c1-15(14(16)13-8-5-11-18-13)9-10-17-12-6-3-2-4-7-12/h2-8,11H,9-10H2,1H3. The first-order valence-electron chi connectivity index (χ1n) is 5.74. The van der Waals surface area contributed by atoms with Crippen molar-refractivity contribution in [3.8, 4) is 5.75 Å². The average molecular weight is 261 g/mol. The lowest BCUT2D eigenvalue weighted by Crippen LogP contribution is -2.30. The third-order valence-electron chi connectivity index (χ3n) is 2.52. The molecule has 2 rings (SSSR count). The fourth-order valence-corrected chi connectivity index (χ4v) is 2.22. The summed E-state index contributed by atoms with van der Waals surface area (Å²) in [6.45, 7) is 1.07. The quantitative estimate of drug-likeness (QED) is 0.828. The molecule has 0 fully saturated rings. The van der Waals surface area contributed by atoms with Gasteiger partial charge < -0.3 is 9.64 Å². The zero-order chi connectivity index (χ0) is 12.8. The number of para-hydroxylation sites is 1. The lowest BCUT2D eigenvalue weighted by molar-refractivity contribution is 0.0778. The first-order chi connectivity index (χ1) is 8.77. The van der Waals surface area contributed by atoms with Gasteiger partial charge in [0.2, 0.25) is 0 Å². The molecule has 18 heavy (non-hydrogen) atoms. The van der Waals surface area contributed by atoms with E-state index in [4.69, 9.17) is 4.74 Å². The Morgan fingerprint density at radius 1 is 1.22 bits per heavy atom. The largest absolute Gasteiger partial charge is 0.492 e. The lowest BCUT2D eigenvalue weighted by atomic mass is 10.3. The van der Waals surface area contributed by atoms with Crippen molar-refractivity contribution in [2.24, 2.45) is 0 Å². The molecule has 1 amide bonds. The molecule has 0 unspecified atom stereocenters. The molecule has 94 valence electrons. The molecule has 0 atom stereocenters. The van der Waals surface area contributed by atoms with Crippen LogP contribution >= 0.6 is 11.3 Å². The van der Waals surface area contributed by atoms with Gasteiger partial charge in [0.05, 0.1) is 11.4 Å². The molecule has 0 bridgehead atoms. The van der Waals surface area contributed by atoms with E-state index in [2.05, 4.69) is 0 Å². The van der Waals surface area contributed by atoms with Gasteiger partial charge in [-0.2, -0.15) is 0 Å². The second kappa shape index (κ2) is 6.21. The van der Waals surface area contributed by atoms with Crippen molar-refractivity contribution in [2.75, 3.05) is 20.2 Å². The van der Waals surface area contributed by atoms with Gasteiger partial charge in [-0.25, -0.2) is 0 Å². The number of carbonyl (C=O) groups is 1. The third kappa shape index (κ3) is 3.34. The molecular formula is C14H15NO2S. The van der Waals surface area contributed by atoms with Crippen LogP contribution in [0.2, 0.25) is 0 Å². The van der Waals surface area contributed by atoms with Crippen LogP contribution in [0.1, 0.15) is 9.67 Å². The summed E-state index contributed by atoms with van der Waals surface area (Å²) in [5, 5.41) is 1.90. The first kappa shape index (κ1) is 12.6. The number of hydrogen-bond acceptors (Lipinski definition) is 3. The molecule has 1 heterocycles. The van der Waals surface area contributed by atoms with E-state index >= 15 is 0 Å². The fourth-order valence-electron chi connectivity index (χ4n) is 1.51. The van der Waals surface area contributed by atoms with E-state index in [9.17, 15) is 4.79 Å². The van der Waals surface area contributed by atoms with E-state index in [0.29, 0.717) is 13.2 Å². The van der Waals surface area contributed by atoms with Crippen LogP contribution in [0, 0.1) is 0 Å². The number of amides is 1. The summed E-state index contributed by atoms with van der Waals surface area (Å²) in [7, 11) is 1.79. The topological polar surface area (TPSA) is 29.5 Å². The number of nitrogens with zero attached hydrogens (tertiary/aromatic N) is 1. The second-order valence-corrected chi connectivity index (χ2v) is 4.81. The van der Waals surface area contributed by atoms with Crippen molar-refractivity contribution in [2.45, 2.75) is 0 Å². The minimum atomic E-state index is 0.0432. The van der Waals surface area contributed by atoms with Crippen LogP contribution in [-0.2, 0) is 0 Å². The minimum Gasteiger partial charge on any atom is -0.492 e. The van der Waals surface area contributed by atoms with Crippen molar-refractivity contribution >= 4 is 17.2 Å². The molecular weight excluding hydrogens is 246 g/mol. The molecule has 2 aromatic rings. The van der Waals surface area contributed by atoms with Gasteiger partial charge in [-0.05, 0) is 23.6 Å². The van der Waals surface area contributed by atoms with Crippen LogP contribution in [-0.4, -0.2) is 31.0 Å². The number of carbonyl (C=O) groups excluding carboxylic acids is 1. The SMILES string of the molecule is CN(CCOc1ccccc1)C(=O)c1cccs1. The van der Waals surface area contributed by atoms with Crippen molar-refractivity contribution in [1.29, 1.82) is 0 Å². The molecule has 0 aliphatic carbocycles. The van der Waals surface area contributed by atoms with Crippen molar-refractivity contribution in [1.82, 2.24) is 4.90 Å². The van der Waals surface area contributed by atoms with E-state index < -0.39 is 0 Å². The summed E-state index contributed by atoms with van der Waals surface area (Å²) in [6, 6.07) is 13.3. The highest BCUT2D eigenvalue weighted by Crippen LogP contribution is 2.11. The van der Waals surface area contributed by atoms with Gasteiger partial charge >= 0.3 is 0 Å². The summed E-state index contributed by atoms with van der Waals surface area (Å²) in [5.41, 5.74) is 0. The predicted molar refractivity (Wildman–Crippen MR) is 73.2 cm³/mol. The number of benzene rings is 1. The Morgan fingerprint density at radius 3 is 2.67 bits per heavy atom. The first-order valence-corrected chi connectivity index (χ1v) is 6.62. The maximum Gasteiger partial charge on any atom is 0.263 e. The molecule has 1 aromatic heterocycles. The molecule has 1 aromatic carbocycles. The van der Waals surface area contributed by atoms with Crippen LogP contribution in [0.5, 0.6) is 5.75 Å². The molecule has 0 radical (unpaired) electrons. The van der Waals surface area contributed by atoms with Gasteiger partial charge in [-0.3, -0.25) is 4.79 Å². The van der Waals surface area contributed by atoms with Crippen LogP contribution in [0.4, 0.5) is 0 Å². The number of likely N-dealkylation sites (N-methyl/N-ethyl adjacent to an activating group) is 1. The van der Waals surface area contributed by atoms with Crippen LogP contribution < -0.4 is 4.74 Å². The van der Waals surface area contributed by atoms with E-state index in [1.54, 1.807) is 11.9 Å². The Balaban J connectivity index is 1.79. The van der Waals surface area contributed by atoms with Crippen LogP contribution in [0.25, 0.3) is 0 Å². The Labute approximate surface area is 111 Å². The van der Waals surface area contributed by atoms with Gasteiger partial charge in [0.1, 0.15) is 12.4 Å². The molecule has 0 spiro atoms. The molecule has 3 nitrogen and oxygen atoms in total. The Bertz CT molecular complexity index is 482. The van der Waals surface area contributed by atoms with Gasteiger partial charge in [-0.1, -0.05) is 24.3 Å². The Morgan fingerprint density at radius 2 is 2.00 bits per heavy atom. The van der Waals surface area contributed by atoms with E-state index in [-0.39, 0.29) is 5.91 Å². The zero-order valence-electron chi connectivity index (χ0n) is 10.2. The predicted octanol–water partition coefficient (Wildman–Crippen LogP) is 2.90. The molecule has 0 aliphatic rings. The number of hydrogen-bond donors (Lipinski definition) is 0. The Kier molecular flexibility index (Phi) is 4.36.